The third kappa shape index (κ3) is 3.70. The number of phenols is 1. The lowest BCUT2D eigenvalue weighted by Crippen LogP contribution is -2.43. The van der Waals surface area contributed by atoms with Gasteiger partial charge in [-0.15, -0.1) is 0 Å². The summed E-state index contributed by atoms with van der Waals surface area (Å²) in [5, 5.41) is 22.6. The van der Waals surface area contributed by atoms with Gasteiger partial charge in [-0.2, -0.15) is 0 Å². The molecule has 0 spiro atoms. The molecule has 1 aliphatic heterocycles. The summed E-state index contributed by atoms with van der Waals surface area (Å²) in [6.45, 7) is 0.842. The number of halogens is 2. The second-order valence-corrected chi connectivity index (χ2v) is 6.90. The lowest BCUT2D eigenvalue weighted by Gasteiger charge is -2.20. The van der Waals surface area contributed by atoms with Gasteiger partial charge in [0, 0.05) is 23.1 Å². The number of benzene rings is 1. The van der Waals surface area contributed by atoms with E-state index in [1.165, 1.54) is 0 Å². The number of ether oxygens (including phenoxy) is 1. The molecule has 1 aromatic carbocycles. The van der Waals surface area contributed by atoms with Gasteiger partial charge in [-0.1, -0.05) is 0 Å². The Labute approximate surface area is 138 Å². The smallest absolute Gasteiger partial charge is 0.255 e. The normalized spacial score (nSPS) is 22.5. The van der Waals surface area contributed by atoms with Gasteiger partial charge < -0.3 is 20.3 Å². The number of phenolic OH excluding ortho intramolecular Hbond substituents is 1. The van der Waals surface area contributed by atoms with Crippen LogP contribution in [0.25, 0.3) is 0 Å². The Hall–Kier alpha value is -0.130. The molecule has 1 amide bonds. The first-order chi connectivity index (χ1) is 8.91. The van der Waals surface area contributed by atoms with E-state index in [1.807, 2.05) is 22.6 Å². The van der Waals surface area contributed by atoms with Crippen LogP contribution in [0.5, 0.6) is 5.75 Å². The monoisotopic (exact) mass is 489 g/mol. The van der Waals surface area contributed by atoms with Crippen molar-refractivity contribution in [1.29, 1.82) is 0 Å². The molecule has 2 rings (SSSR count). The predicted molar refractivity (Wildman–Crippen MR) is 86.3 cm³/mol. The maximum absolute atomic E-state index is 12.0. The molecule has 0 bridgehead atoms. The van der Waals surface area contributed by atoms with Gasteiger partial charge in [-0.25, -0.2) is 0 Å². The van der Waals surface area contributed by atoms with Crippen molar-refractivity contribution >= 4 is 51.1 Å². The summed E-state index contributed by atoms with van der Waals surface area (Å²) in [6.07, 6.45) is 0.503. The molecular weight excluding hydrogens is 476 g/mol. The van der Waals surface area contributed by atoms with Gasteiger partial charge in [-0.3, -0.25) is 4.79 Å². The van der Waals surface area contributed by atoms with E-state index in [1.54, 1.807) is 12.1 Å². The first kappa shape index (κ1) is 15.3. The average Bonchev–Trinajstić information content (AvgIpc) is 2.78. The number of nitrogens with one attached hydrogen (secondary N) is 1. The molecule has 1 fully saturated rings. The topological polar surface area (TPSA) is 78.8 Å². The van der Waals surface area contributed by atoms with Gasteiger partial charge in [0.15, 0.2) is 0 Å². The van der Waals surface area contributed by atoms with Crippen LogP contribution in [0.1, 0.15) is 16.8 Å². The minimum absolute atomic E-state index is 0.0341. The van der Waals surface area contributed by atoms with Crippen LogP contribution in [-0.2, 0) is 4.74 Å². The van der Waals surface area contributed by atoms with Crippen LogP contribution in [0.3, 0.4) is 0 Å². The number of carbonyl (C=O) groups is 1. The highest BCUT2D eigenvalue weighted by Crippen LogP contribution is 2.27. The van der Waals surface area contributed by atoms with Crippen LogP contribution in [0.15, 0.2) is 12.1 Å². The molecule has 7 heteroatoms. The fraction of sp³-hybridized carbons (Fsp3) is 0.417. The first-order valence-corrected chi connectivity index (χ1v) is 7.83. The van der Waals surface area contributed by atoms with Crippen molar-refractivity contribution in [2.24, 2.45) is 0 Å². The molecule has 1 heterocycles. The molecular formula is C12H13I2NO4. The zero-order valence-electron chi connectivity index (χ0n) is 9.95. The van der Waals surface area contributed by atoms with Gasteiger partial charge in [0.25, 0.3) is 5.91 Å². The molecule has 0 aromatic heterocycles. The second-order valence-electron chi connectivity index (χ2n) is 4.49. The van der Waals surface area contributed by atoms with E-state index >= 15 is 0 Å². The third-order valence-corrected chi connectivity index (χ3v) is 4.38. The van der Waals surface area contributed by atoms with Crippen molar-refractivity contribution in [3.05, 3.63) is 24.8 Å². The van der Waals surface area contributed by atoms with E-state index in [0.717, 1.165) is 3.57 Å². The number of rotatable bonds is 3. The van der Waals surface area contributed by atoms with Crippen molar-refractivity contribution in [2.45, 2.75) is 12.0 Å². The Morgan fingerprint density at radius 1 is 1.47 bits per heavy atom. The van der Waals surface area contributed by atoms with Crippen LogP contribution in [0, 0.1) is 7.14 Å². The molecule has 1 unspecified atom stereocenters. The van der Waals surface area contributed by atoms with Crippen LogP contribution in [-0.4, -0.2) is 41.5 Å². The standard InChI is InChI=1S/C12H13I2NO4/c13-7-3-8(10(16)9(14)4-7)11(17)15-5-12(18)1-2-19-6-12/h3-4,16,18H,1-2,5-6H2,(H,15,17). The fourth-order valence-electron chi connectivity index (χ4n) is 1.81. The molecule has 1 atom stereocenters. The van der Waals surface area contributed by atoms with E-state index in [2.05, 4.69) is 27.9 Å². The molecule has 0 radical (unpaired) electrons. The summed E-state index contributed by atoms with van der Waals surface area (Å²) in [6, 6.07) is 3.40. The SMILES string of the molecule is O=C(NCC1(O)CCOC1)c1cc(I)cc(I)c1O. The molecule has 1 aromatic rings. The maximum atomic E-state index is 12.0. The van der Waals surface area contributed by atoms with Crippen molar-refractivity contribution in [1.82, 2.24) is 5.32 Å². The quantitative estimate of drug-likeness (QED) is 0.563. The molecule has 0 saturated carbocycles. The zero-order chi connectivity index (χ0) is 14.0. The molecule has 1 aliphatic rings. The van der Waals surface area contributed by atoms with Crippen molar-refractivity contribution in [2.75, 3.05) is 19.8 Å². The van der Waals surface area contributed by atoms with Crippen molar-refractivity contribution in [3.63, 3.8) is 0 Å². The number of aliphatic hydroxyl groups is 1. The Morgan fingerprint density at radius 2 is 2.21 bits per heavy atom. The summed E-state index contributed by atoms with van der Waals surface area (Å²) >= 11 is 4.06. The Morgan fingerprint density at radius 3 is 2.84 bits per heavy atom. The minimum atomic E-state index is -1.000. The number of amides is 1. The second kappa shape index (κ2) is 6.10. The highest BCUT2D eigenvalue weighted by molar-refractivity contribution is 14.1. The number of carbonyl (C=O) groups excluding carboxylic acids is 1. The largest absolute Gasteiger partial charge is 0.506 e. The summed E-state index contributed by atoms with van der Waals surface area (Å²) in [5.74, 6) is -0.428. The fourth-order valence-corrected chi connectivity index (χ4v) is 3.66. The van der Waals surface area contributed by atoms with Crippen molar-refractivity contribution < 1.29 is 19.7 Å². The lowest BCUT2D eigenvalue weighted by atomic mass is 10.0. The van der Waals surface area contributed by atoms with Crippen LogP contribution >= 0.6 is 45.2 Å². The first-order valence-electron chi connectivity index (χ1n) is 5.68. The van der Waals surface area contributed by atoms with E-state index in [9.17, 15) is 15.0 Å². The predicted octanol–water partition coefficient (Wildman–Crippen LogP) is 1.48. The Balaban J connectivity index is 2.08. The summed E-state index contributed by atoms with van der Waals surface area (Å²) in [5.41, 5.74) is -0.779. The summed E-state index contributed by atoms with van der Waals surface area (Å²) in [7, 11) is 0. The average molecular weight is 489 g/mol. The van der Waals surface area contributed by atoms with E-state index in [-0.39, 0.29) is 24.5 Å². The molecule has 1 saturated heterocycles. The van der Waals surface area contributed by atoms with Crippen molar-refractivity contribution in [3.8, 4) is 5.75 Å². The molecule has 0 aliphatic carbocycles. The van der Waals surface area contributed by atoms with Crippen LogP contribution in [0.2, 0.25) is 0 Å². The Bertz CT molecular complexity index is 501. The maximum Gasteiger partial charge on any atom is 0.255 e. The van der Waals surface area contributed by atoms with Gasteiger partial charge in [0.2, 0.25) is 0 Å². The zero-order valence-corrected chi connectivity index (χ0v) is 14.3. The van der Waals surface area contributed by atoms with Crippen LogP contribution in [0.4, 0.5) is 0 Å². The highest BCUT2D eigenvalue weighted by Gasteiger charge is 2.32. The minimum Gasteiger partial charge on any atom is -0.506 e. The summed E-state index contributed by atoms with van der Waals surface area (Å²) < 4.78 is 6.60. The van der Waals surface area contributed by atoms with E-state index in [0.29, 0.717) is 16.6 Å². The van der Waals surface area contributed by atoms with E-state index in [4.69, 9.17) is 4.74 Å². The summed E-state index contributed by atoms with van der Waals surface area (Å²) in [4.78, 5) is 12.0. The lowest BCUT2D eigenvalue weighted by molar-refractivity contribution is 0.0264. The Kier molecular flexibility index (Phi) is 4.90. The molecule has 104 valence electrons. The van der Waals surface area contributed by atoms with Crippen LogP contribution < -0.4 is 5.32 Å². The number of hydrogen-bond donors (Lipinski definition) is 3. The van der Waals surface area contributed by atoms with Gasteiger partial charge in [-0.05, 0) is 57.3 Å². The van der Waals surface area contributed by atoms with Gasteiger partial charge in [0.05, 0.1) is 15.7 Å². The van der Waals surface area contributed by atoms with E-state index < -0.39 is 11.5 Å². The van der Waals surface area contributed by atoms with Gasteiger partial charge >= 0.3 is 0 Å². The number of hydrogen-bond acceptors (Lipinski definition) is 4. The third-order valence-electron chi connectivity index (χ3n) is 2.93. The molecule has 3 N–H and O–H groups in total. The molecule has 5 nitrogen and oxygen atoms in total. The highest BCUT2D eigenvalue weighted by atomic mass is 127. The molecule has 19 heavy (non-hydrogen) atoms. The number of aromatic hydroxyl groups is 1. The van der Waals surface area contributed by atoms with Gasteiger partial charge in [0.1, 0.15) is 11.4 Å².